The Balaban J connectivity index is 1.62. The fourth-order valence-corrected chi connectivity index (χ4v) is 5.80. The highest BCUT2D eigenvalue weighted by Crippen LogP contribution is 2.52. The molecule has 2 atom stereocenters. The summed E-state index contributed by atoms with van der Waals surface area (Å²) in [4.78, 5) is 2.58. The van der Waals surface area contributed by atoms with Gasteiger partial charge in [-0.1, -0.05) is 15.9 Å². The maximum atomic E-state index is 6.68. The standard InChI is InChI=1S/C21H23BrN2O2S/c1-13-4-7-19(27-13)16-11-17-15-10-14(22)5-6-18(15)26-21(24(17)23-16)8-9-25-20(2,3)12-21/h4-7,10,17H,8-9,11-12H2,1-3H3/t17-,21-/m1/s1. The molecule has 1 aromatic heterocycles. The van der Waals surface area contributed by atoms with Gasteiger partial charge in [-0.2, -0.15) is 5.10 Å². The number of benzene rings is 1. The Kier molecular flexibility index (Phi) is 3.98. The highest BCUT2D eigenvalue weighted by atomic mass is 79.9. The third-order valence-electron chi connectivity index (χ3n) is 5.67. The molecule has 1 saturated heterocycles. The molecule has 3 aliphatic rings. The molecule has 1 aromatic carbocycles. The normalized spacial score (nSPS) is 28.5. The number of halogens is 1. The van der Waals surface area contributed by atoms with Gasteiger partial charge in [0.15, 0.2) is 0 Å². The average molecular weight is 447 g/mol. The molecule has 0 bridgehead atoms. The maximum Gasteiger partial charge on any atom is 0.203 e. The van der Waals surface area contributed by atoms with E-state index in [1.807, 2.05) is 11.3 Å². The number of hydrogen-bond acceptors (Lipinski definition) is 5. The molecule has 0 saturated carbocycles. The molecule has 4 nitrogen and oxygen atoms in total. The van der Waals surface area contributed by atoms with Crippen LogP contribution in [0.2, 0.25) is 0 Å². The van der Waals surface area contributed by atoms with Gasteiger partial charge in [-0.25, -0.2) is 5.01 Å². The van der Waals surface area contributed by atoms with Gasteiger partial charge in [0.2, 0.25) is 5.72 Å². The third kappa shape index (κ3) is 2.93. The number of aryl methyl sites for hydroxylation is 1. The van der Waals surface area contributed by atoms with E-state index in [2.05, 4.69) is 72.0 Å². The highest BCUT2D eigenvalue weighted by molar-refractivity contribution is 9.10. The van der Waals surface area contributed by atoms with E-state index in [1.165, 1.54) is 15.3 Å². The molecule has 5 rings (SSSR count). The van der Waals surface area contributed by atoms with Crippen LogP contribution >= 0.6 is 27.3 Å². The van der Waals surface area contributed by atoms with Crippen LogP contribution in [0.1, 0.15) is 54.5 Å². The Labute approximate surface area is 172 Å². The topological polar surface area (TPSA) is 34.1 Å². The molecule has 1 spiro atoms. The lowest BCUT2D eigenvalue weighted by Gasteiger charge is -2.52. The van der Waals surface area contributed by atoms with Crippen LogP contribution in [-0.4, -0.2) is 28.7 Å². The lowest BCUT2D eigenvalue weighted by Crippen LogP contribution is -2.60. The minimum absolute atomic E-state index is 0.206. The Bertz CT molecular complexity index is 938. The molecule has 1 fully saturated rings. The van der Waals surface area contributed by atoms with Gasteiger partial charge in [0, 0.05) is 34.2 Å². The van der Waals surface area contributed by atoms with E-state index in [9.17, 15) is 0 Å². The zero-order valence-corrected chi connectivity index (χ0v) is 18.2. The van der Waals surface area contributed by atoms with Gasteiger partial charge in [0.1, 0.15) is 5.75 Å². The van der Waals surface area contributed by atoms with Crippen LogP contribution in [0.5, 0.6) is 5.75 Å². The van der Waals surface area contributed by atoms with Crippen molar-refractivity contribution in [3.8, 4) is 5.75 Å². The fraction of sp³-hybridized carbons (Fsp3) is 0.476. The molecule has 0 amide bonds. The number of nitrogens with zero attached hydrogens (tertiary/aromatic N) is 2. The van der Waals surface area contributed by atoms with Gasteiger partial charge in [-0.3, -0.25) is 0 Å². The Morgan fingerprint density at radius 2 is 2.11 bits per heavy atom. The smallest absolute Gasteiger partial charge is 0.203 e. The quantitative estimate of drug-likeness (QED) is 0.567. The lowest BCUT2D eigenvalue weighted by atomic mass is 9.86. The van der Waals surface area contributed by atoms with Crippen LogP contribution in [-0.2, 0) is 4.74 Å². The van der Waals surface area contributed by atoms with E-state index in [1.54, 1.807) is 0 Å². The van der Waals surface area contributed by atoms with E-state index in [0.29, 0.717) is 6.61 Å². The van der Waals surface area contributed by atoms with Crippen molar-refractivity contribution in [2.75, 3.05) is 6.61 Å². The summed E-state index contributed by atoms with van der Waals surface area (Å²) >= 11 is 5.44. The fourth-order valence-electron chi connectivity index (χ4n) is 4.56. The van der Waals surface area contributed by atoms with E-state index >= 15 is 0 Å². The van der Waals surface area contributed by atoms with Crippen molar-refractivity contribution in [2.45, 2.75) is 57.4 Å². The number of ether oxygens (including phenoxy) is 2. The van der Waals surface area contributed by atoms with Crippen molar-refractivity contribution in [1.82, 2.24) is 5.01 Å². The minimum Gasteiger partial charge on any atom is -0.466 e. The number of thiophene rings is 1. The summed E-state index contributed by atoms with van der Waals surface area (Å²) in [7, 11) is 0. The van der Waals surface area contributed by atoms with Crippen LogP contribution in [0.3, 0.4) is 0 Å². The molecule has 142 valence electrons. The first-order valence-electron chi connectivity index (χ1n) is 9.41. The molecular weight excluding hydrogens is 424 g/mol. The van der Waals surface area contributed by atoms with Crippen molar-refractivity contribution >= 4 is 33.0 Å². The van der Waals surface area contributed by atoms with Crippen LogP contribution in [0, 0.1) is 6.92 Å². The summed E-state index contributed by atoms with van der Waals surface area (Å²) < 4.78 is 13.8. The molecular formula is C21H23BrN2O2S. The molecule has 0 radical (unpaired) electrons. The summed E-state index contributed by atoms with van der Waals surface area (Å²) in [5.74, 6) is 0.982. The molecule has 0 unspecified atom stereocenters. The number of fused-ring (bicyclic) bond motifs is 4. The molecule has 2 aromatic rings. The minimum atomic E-state index is -0.443. The van der Waals surface area contributed by atoms with E-state index in [0.717, 1.165) is 35.2 Å². The van der Waals surface area contributed by atoms with E-state index in [4.69, 9.17) is 14.6 Å². The molecule has 27 heavy (non-hydrogen) atoms. The first kappa shape index (κ1) is 17.7. The van der Waals surface area contributed by atoms with Crippen LogP contribution in [0.25, 0.3) is 0 Å². The molecule has 0 N–H and O–H groups in total. The highest BCUT2D eigenvalue weighted by Gasteiger charge is 2.54. The Hall–Kier alpha value is -1.37. The second-order valence-electron chi connectivity index (χ2n) is 8.29. The largest absolute Gasteiger partial charge is 0.466 e. The lowest BCUT2D eigenvalue weighted by molar-refractivity contribution is -0.212. The first-order chi connectivity index (χ1) is 12.9. The third-order valence-corrected chi connectivity index (χ3v) is 7.21. The Morgan fingerprint density at radius 3 is 2.85 bits per heavy atom. The van der Waals surface area contributed by atoms with Crippen LogP contribution in [0.15, 0.2) is 39.9 Å². The number of hydrazone groups is 1. The predicted molar refractivity (Wildman–Crippen MR) is 112 cm³/mol. The van der Waals surface area contributed by atoms with E-state index < -0.39 is 5.72 Å². The van der Waals surface area contributed by atoms with E-state index in [-0.39, 0.29) is 11.6 Å². The monoisotopic (exact) mass is 446 g/mol. The molecule has 4 heterocycles. The van der Waals surface area contributed by atoms with Crippen molar-refractivity contribution in [2.24, 2.45) is 5.10 Å². The van der Waals surface area contributed by atoms with Gasteiger partial charge in [-0.05, 0) is 51.1 Å². The summed E-state index contributed by atoms with van der Waals surface area (Å²) in [5.41, 5.74) is 1.71. The summed E-state index contributed by atoms with van der Waals surface area (Å²) in [6.07, 6.45) is 2.53. The van der Waals surface area contributed by atoms with Crippen molar-refractivity contribution in [3.63, 3.8) is 0 Å². The van der Waals surface area contributed by atoms with Gasteiger partial charge in [0.25, 0.3) is 0 Å². The second kappa shape index (κ2) is 6.06. The summed E-state index contributed by atoms with van der Waals surface area (Å²) in [6, 6.07) is 10.9. The van der Waals surface area contributed by atoms with Crippen molar-refractivity contribution < 1.29 is 9.47 Å². The number of rotatable bonds is 1. The molecule has 0 aliphatic carbocycles. The van der Waals surface area contributed by atoms with Gasteiger partial charge in [-0.15, -0.1) is 11.3 Å². The molecule has 6 heteroatoms. The van der Waals surface area contributed by atoms with Crippen LogP contribution < -0.4 is 4.74 Å². The SMILES string of the molecule is Cc1ccc(C2=NN3[C@H](C2)c2cc(Br)ccc2O[C@@]32CCOC(C)(C)C2)s1. The van der Waals surface area contributed by atoms with Crippen molar-refractivity contribution in [1.29, 1.82) is 0 Å². The predicted octanol–water partition coefficient (Wildman–Crippen LogP) is 5.65. The maximum absolute atomic E-state index is 6.68. The van der Waals surface area contributed by atoms with Gasteiger partial charge in [0.05, 0.1) is 28.8 Å². The van der Waals surface area contributed by atoms with Gasteiger partial charge < -0.3 is 9.47 Å². The Morgan fingerprint density at radius 1 is 1.26 bits per heavy atom. The van der Waals surface area contributed by atoms with Gasteiger partial charge >= 0.3 is 0 Å². The summed E-state index contributed by atoms with van der Waals surface area (Å²) in [6.45, 7) is 7.12. The zero-order valence-electron chi connectivity index (χ0n) is 15.8. The average Bonchev–Trinajstić information content (AvgIpc) is 3.22. The second-order valence-corrected chi connectivity index (χ2v) is 10.5. The number of hydrogen-bond donors (Lipinski definition) is 0. The first-order valence-corrected chi connectivity index (χ1v) is 11.0. The zero-order chi connectivity index (χ0) is 18.8. The molecule has 3 aliphatic heterocycles. The van der Waals surface area contributed by atoms with Crippen LogP contribution in [0.4, 0.5) is 0 Å². The summed E-state index contributed by atoms with van der Waals surface area (Å²) in [5, 5.41) is 7.38. The van der Waals surface area contributed by atoms with Crippen molar-refractivity contribution in [3.05, 3.63) is 50.1 Å².